The summed E-state index contributed by atoms with van der Waals surface area (Å²) < 4.78 is 54.9. The molecule has 2 aliphatic carbocycles. The topological polar surface area (TPSA) is 134 Å². The number of allylic oxidation sites excluding steroid dienone is 2. The first-order chi connectivity index (χ1) is 18.4. The predicted octanol–water partition coefficient (Wildman–Crippen LogP) is 4.67. The summed E-state index contributed by atoms with van der Waals surface area (Å²) in [6, 6.07) is 7.09. The molecule has 11 heteroatoms. The van der Waals surface area contributed by atoms with Crippen molar-refractivity contribution in [2.75, 3.05) is 12.3 Å². The van der Waals surface area contributed by atoms with E-state index in [4.69, 9.17) is 15.2 Å². The lowest BCUT2D eigenvalue weighted by Crippen LogP contribution is -2.33. The molecule has 9 nitrogen and oxygen atoms in total. The monoisotopic (exact) mass is 558 g/mol. The number of hydrogen-bond acceptors (Lipinski definition) is 8. The molecule has 0 spiro atoms. The molecule has 0 radical (unpaired) electrons. The molecule has 1 saturated carbocycles. The van der Waals surface area contributed by atoms with E-state index in [9.17, 15) is 13.2 Å². The van der Waals surface area contributed by atoms with E-state index in [0.717, 1.165) is 12.8 Å². The van der Waals surface area contributed by atoms with Gasteiger partial charge < -0.3 is 15.2 Å². The minimum atomic E-state index is -4.32. The number of aromatic nitrogens is 2. The Morgan fingerprint density at radius 2 is 1.90 bits per heavy atom. The molecule has 2 heterocycles. The molecule has 1 amide bonds. The molecular formula is C28H35FN4O5S. The number of ether oxygens (including phenoxy) is 2. The minimum absolute atomic E-state index is 0.000642. The number of alkyl halides is 1. The minimum Gasteiger partial charge on any atom is -0.473 e. The molecule has 1 fully saturated rings. The van der Waals surface area contributed by atoms with Crippen molar-refractivity contribution in [2.45, 2.75) is 63.9 Å². The van der Waals surface area contributed by atoms with Crippen molar-refractivity contribution in [1.29, 1.82) is 0 Å². The van der Waals surface area contributed by atoms with Gasteiger partial charge in [-0.05, 0) is 66.5 Å². The van der Waals surface area contributed by atoms with Crippen LogP contribution in [0.15, 0.2) is 53.6 Å². The molecule has 0 bridgehead atoms. The van der Waals surface area contributed by atoms with Crippen LogP contribution in [0.2, 0.25) is 0 Å². The molecule has 3 atom stereocenters. The number of pyridine rings is 2. The molecule has 4 rings (SSSR count). The number of anilines is 1. The molecule has 0 saturated heterocycles. The number of nitrogens with one attached hydrogen (secondary N) is 1. The van der Waals surface area contributed by atoms with Crippen molar-refractivity contribution < 1.29 is 27.1 Å². The number of sulfonamides is 1. The molecule has 2 aliphatic rings. The maximum atomic E-state index is 15.4. The van der Waals surface area contributed by atoms with Gasteiger partial charge in [0.2, 0.25) is 11.7 Å². The Morgan fingerprint density at radius 1 is 1.18 bits per heavy atom. The summed E-state index contributed by atoms with van der Waals surface area (Å²) in [5.41, 5.74) is 6.51. The lowest BCUT2D eigenvalue weighted by molar-refractivity contribution is -0.111. The van der Waals surface area contributed by atoms with Gasteiger partial charge in [-0.3, -0.25) is 4.79 Å². The van der Waals surface area contributed by atoms with Crippen LogP contribution in [0.25, 0.3) is 5.57 Å². The molecule has 2 aromatic rings. The second kappa shape index (κ2) is 11.4. The Balaban J connectivity index is 1.65. The Hall–Kier alpha value is -3.31. The summed E-state index contributed by atoms with van der Waals surface area (Å²) >= 11 is 0. The van der Waals surface area contributed by atoms with Crippen molar-refractivity contribution in [1.82, 2.24) is 14.7 Å². The average Bonchev–Trinajstić information content (AvgIpc) is 3.19. The van der Waals surface area contributed by atoms with Crippen molar-refractivity contribution in [2.24, 2.45) is 17.8 Å². The second-order valence-electron chi connectivity index (χ2n) is 10.7. The van der Waals surface area contributed by atoms with Crippen LogP contribution in [-0.4, -0.2) is 42.9 Å². The lowest BCUT2D eigenvalue weighted by Gasteiger charge is -2.27. The molecule has 210 valence electrons. The first-order valence-electron chi connectivity index (χ1n) is 13.1. The van der Waals surface area contributed by atoms with Gasteiger partial charge in [0.25, 0.3) is 15.9 Å². The molecule has 0 aromatic carbocycles. The van der Waals surface area contributed by atoms with E-state index >= 15 is 4.39 Å². The highest BCUT2D eigenvalue weighted by Crippen LogP contribution is 2.37. The zero-order chi connectivity index (χ0) is 28.4. The number of nitrogens with two attached hydrogens (primary N) is 1. The van der Waals surface area contributed by atoms with E-state index in [1.165, 1.54) is 30.3 Å². The third-order valence-corrected chi connectivity index (χ3v) is 8.09. The van der Waals surface area contributed by atoms with E-state index in [0.29, 0.717) is 11.3 Å². The second-order valence-corrected chi connectivity index (χ2v) is 12.3. The summed E-state index contributed by atoms with van der Waals surface area (Å²) in [6.45, 7) is 8.26. The van der Waals surface area contributed by atoms with Gasteiger partial charge in [-0.15, -0.1) is 0 Å². The Labute approximate surface area is 228 Å². The Bertz CT molecular complexity index is 1380. The van der Waals surface area contributed by atoms with Crippen LogP contribution in [0.5, 0.6) is 5.88 Å². The normalized spacial score (nSPS) is 25.0. The van der Waals surface area contributed by atoms with Crippen molar-refractivity contribution in [3.8, 4) is 5.88 Å². The highest BCUT2D eigenvalue weighted by molar-refractivity contribution is 7.90. The third-order valence-electron chi connectivity index (χ3n) is 6.86. The fourth-order valence-corrected chi connectivity index (χ4v) is 5.68. The summed E-state index contributed by atoms with van der Waals surface area (Å²) in [5.74, 6) is -2.35. The molecule has 3 unspecified atom stereocenters. The lowest BCUT2D eigenvalue weighted by atomic mass is 9.97. The van der Waals surface area contributed by atoms with Crippen LogP contribution in [-0.2, 0) is 14.8 Å². The van der Waals surface area contributed by atoms with Crippen molar-refractivity contribution in [3.05, 3.63) is 59.8 Å². The van der Waals surface area contributed by atoms with E-state index in [2.05, 4.69) is 23.8 Å². The number of halogens is 1. The van der Waals surface area contributed by atoms with Crippen LogP contribution < -0.4 is 15.2 Å². The first kappa shape index (κ1) is 28.7. The van der Waals surface area contributed by atoms with Gasteiger partial charge in [-0.2, -0.15) is 8.42 Å². The van der Waals surface area contributed by atoms with Crippen molar-refractivity contribution in [3.63, 3.8) is 0 Å². The number of carbonyl (C=O) groups excluding carboxylic acids is 1. The largest absolute Gasteiger partial charge is 0.473 e. The molecular weight excluding hydrogens is 523 g/mol. The summed E-state index contributed by atoms with van der Waals surface area (Å²) in [5, 5.41) is -0.388. The average molecular weight is 559 g/mol. The zero-order valence-corrected chi connectivity index (χ0v) is 23.4. The van der Waals surface area contributed by atoms with Gasteiger partial charge in [0.15, 0.2) is 5.03 Å². The standard InChI is InChI=1S/C28H35FN4O5S/c1-17(2)16-37-28(29)14-6-7-20(15-28)22-13-12-21(27(31-22)38-25-18(3)10-11-19(25)4)26(34)33-39(35,36)24-9-5-8-23(30)32-24/h5-9,12-14,17-19,25H,10-11,15-16H2,1-4H3,(H2,30,32)(H,33,34). The number of rotatable bonds is 9. The smallest absolute Gasteiger partial charge is 0.281 e. The fraction of sp³-hybridized carbons (Fsp3) is 0.464. The maximum Gasteiger partial charge on any atom is 0.281 e. The molecule has 3 N–H and O–H groups in total. The fourth-order valence-electron chi connectivity index (χ4n) is 4.73. The quantitative estimate of drug-likeness (QED) is 0.454. The number of carbonyl (C=O) groups is 1. The summed E-state index contributed by atoms with van der Waals surface area (Å²) in [4.78, 5) is 21.6. The van der Waals surface area contributed by atoms with Crippen LogP contribution >= 0.6 is 0 Å². The zero-order valence-electron chi connectivity index (χ0n) is 22.6. The maximum absolute atomic E-state index is 15.4. The molecule has 0 aliphatic heterocycles. The summed E-state index contributed by atoms with van der Waals surface area (Å²) in [7, 11) is -4.32. The van der Waals surface area contributed by atoms with E-state index in [1.807, 2.05) is 18.6 Å². The van der Waals surface area contributed by atoms with E-state index < -0.39 is 21.8 Å². The van der Waals surface area contributed by atoms with Crippen LogP contribution in [0, 0.1) is 17.8 Å². The number of hydrogen-bond donors (Lipinski definition) is 2. The Morgan fingerprint density at radius 3 is 2.56 bits per heavy atom. The van der Waals surface area contributed by atoms with Crippen LogP contribution in [0.4, 0.5) is 10.2 Å². The first-order valence-corrected chi connectivity index (χ1v) is 14.5. The number of nitrogen functional groups attached to an aromatic ring is 1. The highest BCUT2D eigenvalue weighted by atomic mass is 32.2. The van der Waals surface area contributed by atoms with Crippen LogP contribution in [0.1, 0.15) is 63.0 Å². The SMILES string of the molecule is CC(C)COC1(F)C=CC=C(c2ccc(C(=O)NS(=O)(=O)c3cccc(N)n3)c(OC3C(C)CCC3C)n2)C1. The molecule has 39 heavy (non-hydrogen) atoms. The number of nitrogens with zero attached hydrogens (tertiary/aromatic N) is 2. The number of amides is 1. The van der Waals surface area contributed by atoms with Gasteiger partial charge in [0, 0.05) is 6.42 Å². The highest BCUT2D eigenvalue weighted by Gasteiger charge is 2.35. The van der Waals surface area contributed by atoms with E-state index in [1.54, 1.807) is 18.2 Å². The van der Waals surface area contributed by atoms with Gasteiger partial charge >= 0.3 is 0 Å². The van der Waals surface area contributed by atoms with E-state index in [-0.39, 0.29) is 59.2 Å². The predicted molar refractivity (Wildman–Crippen MR) is 146 cm³/mol. The Kier molecular flexibility index (Phi) is 8.41. The van der Waals surface area contributed by atoms with Crippen LogP contribution in [0.3, 0.4) is 0 Å². The van der Waals surface area contributed by atoms with Gasteiger partial charge in [0.1, 0.15) is 17.5 Å². The van der Waals surface area contributed by atoms with Gasteiger partial charge in [-0.1, -0.05) is 45.9 Å². The third kappa shape index (κ3) is 6.83. The van der Waals surface area contributed by atoms with Gasteiger partial charge in [0.05, 0.1) is 12.3 Å². The molecule has 2 aromatic heterocycles. The van der Waals surface area contributed by atoms with Crippen molar-refractivity contribution >= 4 is 27.3 Å². The summed E-state index contributed by atoms with van der Waals surface area (Å²) in [6.07, 6.45) is 6.30. The van der Waals surface area contributed by atoms with Gasteiger partial charge in [-0.25, -0.2) is 19.1 Å².